The molecule has 2 bridgehead atoms. The first-order valence-electron chi connectivity index (χ1n) is 9.70. The van der Waals surface area contributed by atoms with Crippen molar-refractivity contribution in [3.05, 3.63) is 12.2 Å². The number of aliphatic carboxylic acids is 1. The summed E-state index contributed by atoms with van der Waals surface area (Å²) < 4.78 is 12.0. The van der Waals surface area contributed by atoms with Gasteiger partial charge >= 0.3 is 5.97 Å². The van der Waals surface area contributed by atoms with Crippen molar-refractivity contribution in [2.75, 3.05) is 13.2 Å². The lowest BCUT2D eigenvalue weighted by Crippen LogP contribution is -2.34. The van der Waals surface area contributed by atoms with Gasteiger partial charge in [0.15, 0.2) is 0 Å². The van der Waals surface area contributed by atoms with Crippen molar-refractivity contribution in [1.82, 2.24) is 0 Å². The Hall–Kier alpha value is -1.31. The highest BCUT2D eigenvalue weighted by molar-refractivity contribution is 5.66. The summed E-state index contributed by atoms with van der Waals surface area (Å²) in [6.07, 6.45) is 11.2. The van der Waals surface area contributed by atoms with E-state index in [1.807, 2.05) is 0 Å². The molecule has 1 unspecified atom stereocenters. The van der Waals surface area contributed by atoms with Crippen LogP contribution in [0, 0.1) is 29.6 Å². The summed E-state index contributed by atoms with van der Waals surface area (Å²) in [6, 6.07) is 0. The molecule has 0 aliphatic carbocycles. The Balaban J connectivity index is 1.79. The fourth-order valence-electron chi connectivity index (χ4n) is 4.08. The van der Waals surface area contributed by atoms with Gasteiger partial charge in [-0.3, -0.25) is 4.79 Å². The highest BCUT2D eigenvalue weighted by Crippen LogP contribution is 2.47. The Labute approximate surface area is 152 Å². The number of carboxylic acid groups (broad SMARTS) is 1. The van der Waals surface area contributed by atoms with Gasteiger partial charge in [-0.05, 0) is 43.9 Å². The van der Waals surface area contributed by atoms with Gasteiger partial charge in [0.25, 0.3) is 0 Å². The number of fused-ring (bicyclic) bond motifs is 2. The van der Waals surface area contributed by atoms with Crippen molar-refractivity contribution in [1.29, 1.82) is 0 Å². The zero-order chi connectivity index (χ0) is 18.1. The maximum atomic E-state index is 10.6. The van der Waals surface area contributed by atoms with Gasteiger partial charge in [-0.25, -0.2) is 0 Å². The SMILES string of the molecule is CCCC#CCOC[C@@H]1[C@@H](C(C)/C=C\CCCC(=O)O)[C@@H]2CC[C@H]1O2. The van der Waals surface area contributed by atoms with E-state index in [0.29, 0.717) is 43.0 Å². The second-order valence-electron chi connectivity index (χ2n) is 7.22. The first kappa shape index (κ1) is 20.0. The molecule has 4 nitrogen and oxygen atoms in total. The fourth-order valence-corrected chi connectivity index (χ4v) is 4.08. The molecule has 0 spiro atoms. The molecule has 5 atom stereocenters. The predicted octanol–water partition coefficient (Wildman–Crippen LogP) is 4.05. The fraction of sp³-hybridized carbons (Fsp3) is 0.762. The molecule has 2 aliphatic heterocycles. The van der Waals surface area contributed by atoms with Crippen LogP contribution in [0.25, 0.3) is 0 Å². The molecule has 0 aromatic carbocycles. The Morgan fingerprint density at radius 1 is 1.36 bits per heavy atom. The van der Waals surface area contributed by atoms with E-state index in [2.05, 4.69) is 37.8 Å². The van der Waals surface area contributed by atoms with Crippen LogP contribution in [0.15, 0.2) is 12.2 Å². The molecule has 2 saturated heterocycles. The van der Waals surface area contributed by atoms with Crippen molar-refractivity contribution in [3.63, 3.8) is 0 Å². The quantitative estimate of drug-likeness (QED) is 0.368. The van der Waals surface area contributed by atoms with Gasteiger partial charge in [0.1, 0.15) is 6.61 Å². The molecule has 0 amide bonds. The third kappa shape index (κ3) is 6.17. The first-order valence-corrected chi connectivity index (χ1v) is 9.70. The highest BCUT2D eigenvalue weighted by atomic mass is 16.5. The van der Waals surface area contributed by atoms with Crippen molar-refractivity contribution < 1.29 is 19.4 Å². The van der Waals surface area contributed by atoms with Crippen molar-refractivity contribution in [2.24, 2.45) is 17.8 Å². The molecule has 140 valence electrons. The average Bonchev–Trinajstić information content (AvgIpc) is 3.18. The molecular formula is C21H32O4. The summed E-state index contributed by atoms with van der Waals surface area (Å²) in [4.78, 5) is 10.6. The number of carboxylic acids is 1. The molecular weight excluding hydrogens is 316 g/mol. The standard InChI is InChI=1S/C21H32O4/c1-3-4-5-9-14-24-15-17-18-12-13-19(25-18)21(17)16(2)10-7-6-8-11-20(22)23/h7,10,16-19,21H,3-4,6,8,11-15H2,1-2H3,(H,22,23)/b10-7-/t16?,17-,18+,19-,21+/m0/s1. The summed E-state index contributed by atoms with van der Waals surface area (Å²) >= 11 is 0. The number of hydrogen-bond acceptors (Lipinski definition) is 3. The average molecular weight is 348 g/mol. The molecule has 0 aromatic rings. The largest absolute Gasteiger partial charge is 0.481 e. The lowest BCUT2D eigenvalue weighted by molar-refractivity contribution is -0.137. The Kier molecular flexibility index (Phi) is 8.51. The van der Waals surface area contributed by atoms with E-state index in [4.69, 9.17) is 14.6 Å². The van der Waals surface area contributed by atoms with Crippen LogP contribution in [0.1, 0.15) is 58.8 Å². The third-order valence-electron chi connectivity index (χ3n) is 5.28. The summed E-state index contributed by atoms with van der Waals surface area (Å²) in [5.74, 6) is 6.86. The minimum absolute atomic E-state index is 0.242. The van der Waals surface area contributed by atoms with Gasteiger partial charge in [-0.1, -0.05) is 31.9 Å². The Morgan fingerprint density at radius 2 is 2.16 bits per heavy atom. The van der Waals surface area contributed by atoms with Crippen LogP contribution in [0.2, 0.25) is 0 Å². The number of rotatable bonds is 10. The van der Waals surface area contributed by atoms with Gasteiger partial charge in [0.2, 0.25) is 0 Å². The number of carbonyl (C=O) groups is 1. The second kappa shape index (κ2) is 10.6. The van der Waals surface area contributed by atoms with Crippen molar-refractivity contribution in [2.45, 2.75) is 71.0 Å². The van der Waals surface area contributed by atoms with E-state index in [1.54, 1.807) is 0 Å². The van der Waals surface area contributed by atoms with Gasteiger partial charge in [-0.2, -0.15) is 0 Å². The van der Waals surface area contributed by atoms with E-state index >= 15 is 0 Å². The van der Waals surface area contributed by atoms with Crippen LogP contribution < -0.4 is 0 Å². The molecule has 0 aromatic heterocycles. The molecule has 1 N–H and O–H groups in total. The molecule has 0 radical (unpaired) electrons. The predicted molar refractivity (Wildman–Crippen MR) is 98.2 cm³/mol. The third-order valence-corrected chi connectivity index (χ3v) is 5.28. The van der Waals surface area contributed by atoms with E-state index < -0.39 is 5.97 Å². The minimum atomic E-state index is -0.720. The van der Waals surface area contributed by atoms with E-state index in [9.17, 15) is 4.79 Å². The summed E-state index contributed by atoms with van der Waals surface area (Å²) in [6.45, 7) is 5.61. The van der Waals surface area contributed by atoms with Crippen LogP contribution >= 0.6 is 0 Å². The van der Waals surface area contributed by atoms with Gasteiger partial charge < -0.3 is 14.6 Å². The second-order valence-corrected chi connectivity index (χ2v) is 7.22. The molecule has 4 heteroatoms. The normalized spacial score (nSPS) is 28.9. The molecule has 2 rings (SSSR count). The van der Waals surface area contributed by atoms with E-state index in [1.165, 1.54) is 0 Å². The zero-order valence-electron chi connectivity index (χ0n) is 15.6. The summed E-state index contributed by atoms with van der Waals surface area (Å²) in [5.41, 5.74) is 0. The highest BCUT2D eigenvalue weighted by Gasteiger charge is 2.50. The van der Waals surface area contributed by atoms with Gasteiger partial charge in [0.05, 0.1) is 18.8 Å². The summed E-state index contributed by atoms with van der Waals surface area (Å²) in [7, 11) is 0. The monoisotopic (exact) mass is 348 g/mol. The van der Waals surface area contributed by atoms with Gasteiger partial charge in [0, 0.05) is 18.8 Å². The van der Waals surface area contributed by atoms with Gasteiger partial charge in [-0.15, -0.1) is 5.92 Å². The topological polar surface area (TPSA) is 55.8 Å². The molecule has 0 saturated carbocycles. The number of ether oxygens (including phenoxy) is 2. The van der Waals surface area contributed by atoms with Crippen LogP contribution in [-0.4, -0.2) is 36.5 Å². The maximum absolute atomic E-state index is 10.6. The number of unbranched alkanes of at least 4 members (excludes halogenated alkanes) is 2. The summed E-state index contributed by atoms with van der Waals surface area (Å²) in [5, 5.41) is 8.69. The van der Waals surface area contributed by atoms with E-state index in [-0.39, 0.29) is 6.42 Å². The lowest BCUT2D eigenvalue weighted by Gasteiger charge is -2.31. The van der Waals surface area contributed by atoms with Crippen LogP contribution in [0.4, 0.5) is 0 Å². The number of allylic oxidation sites excluding steroid dienone is 2. The van der Waals surface area contributed by atoms with E-state index in [0.717, 1.165) is 38.7 Å². The maximum Gasteiger partial charge on any atom is 0.303 e. The molecule has 25 heavy (non-hydrogen) atoms. The number of hydrogen-bond donors (Lipinski definition) is 1. The molecule has 2 heterocycles. The Bertz CT molecular complexity index is 502. The lowest BCUT2D eigenvalue weighted by atomic mass is 9.73. The van der Waals surface area contributed by atoms with Crippen LogP contribution in [-0.2, 0) is 14.3 Å². The smallest absolute Gasteiger partial charge is 0.303 e. The van der Waals surface area contributed by atoms with Crippen LogP contribution in [0.3, 0.4) is 0 Å². The zero-order valence-corrected chi connectivity index (χ0v) is 15.6. The van der Waals surface area contributed by atoms with Crippen molar-refractivity contribution in [3.8, 4) is 11.8 Å². The Morgan fingerprint density at radius 3 is 2.92 bits per heavy atom. The minimum Gasteiger partial charge on any atom is -0.481 e. The molecule has 2 aliphatic rings. The van der Waals surface area contributed by atoms with Crippen LogP contribution in [0.5, 0.6) is 0 Å². The molecule has 2 fully saturated rings. The van der Waals surface area contributed by atoms with Crippen molar-refractivity contribution >= 4 is 5.97 Å². The first-order chi connectivity index (χ1) is 12.1.